The second-order valence-electron chi connectivity index (χ2n) is 6.57. The lowest BCUT2D eigenvalue weighted by Gasteiger charge is -2.15. The molecule has 150 valence electrons. The van der Waals surface area contributed by atoms with Crippen molar-refractivity contribution in [2.75, 3.05) is 0 Å². The number of halogens is 1. The van der Waals surface area contributed by atoms with Gasteiger partial charge < -0.3 is 10.4 Å². The number of hydrogen-bond donors (Lipinski definition) is 2. The molecule has 2 aromatic rings. The lowest BCUT2D eigenvalue weighted by molar-refractivity contribution is -0.141. The highest BCUT2D eigenvalue weighted by atomic mass is 35.5. The van der Waals surface area contributed by atoms with Crippen LogP contribution in [-0.4, -0.2) is 32.6 Å². The minimum Gasteiger partial charge on any atom is -0.480 e. The third-order valence-corrected chi connectivity index (χ3v) is 4.53. The zero-order valence-corrected chi connectivity index (χ0v) is 16.7. The van der Waals surface area contributed by atoms with Crippen LogP contribution in [0.15, 0.2) is 35.1 Å². The Bertz CT molecular complexity index is 893. The first-order valence-corrected chi connectivity index (χ1v) is 9.58. The molecule has 0 radical (unpaired) electrons. The summed E-state index contributed by atoms with van der Waals surface area (Å²) >= 11 is 5.92. The van der Waals surface area contributed by atoms with E-state index in [0.29, 0.717) is 23.0 Å². The van der Waals surface area contributed by atoms with Crippen LogP contribution >= 0.6 is 11.6 Å². The predicted octanol–water partition coefficient (Wildman–Crippen LogP) is 2.89. The maximum Gasteiger partial charge on any atom is 0.325 e. The molecule has 0 aliphatic carbocycles. The maximum atomic E-state index is 12.7. The Balaban J connectivity index is 2.34. The van der Waals surface area contributed by atoms with E-state index in [1.54, 1.807) is 24.3 Å². The fourth-order valence-electron chi connectivity index (χ4n) is 2.71. The van der Waals surface area contributed by atoms with E-state index in [1.807, 2.05) is 0 Å². The normalized spacial score (nSPS) is 11.8. The second kappa shape index (κ2) is 10.0. The topological polar surface area (TPSA) is 101 Å². The van der Waals surface area contributed by atoms with E-state index in [1.165, 1.54) is 17.6 Å². The van der Waals surface area contributed by atoms with Gasteiger partial charge in [-0.05, 0) is 25.5 Å². The molecule has 1 aromatic carbocycles. The summed E-state index contributed by atoms with van der Waals surface area (Å²) in [6.07, 6.45) is 3.37. The molecule has 1 unspecified atom stereocenters. The van der Waals surface area contributed by atoms with Gasteiger partial charge in [0, 0.05) is 23.1 Å². The van der Waals surface area contributed by atoms with Crippen LogP contribution in [-0.2, 0) is 22.6 Å². The van der Waals surface area contributed by atoms with Crippen LogP contribution < -0.4 is 10.9 Å². The van der Waals surface area contributed by atoms with Crippen molar-refractivity contribution in [3.63, 3.8) is 0 Å². The molecule has 1 amide bonds. The summed E-state index contributed by atoms with van der Waals surface area (Å²) in [6, 6.07) is 7.36. The Morgan fingerprint density at radius 3 is 2.54 bits per heavy atom. The first-order chi connectivity index (χ1) is 13.3. The van der Waals surface area contributed by atoms with Crippen molar-refractivity contribution in [3.05, 3.63) is 51.5 Å². The van der Waals surface area contributed by atoms with Crippen LogP contribution in [0.5, 0.6) is 0 Å². The molecule has 7 nitrogen and oxygen atoms in total. The summed E-state index contributed by atoms with van der Waals surface area (Å²) in [7, 11) is 0. The molecular formula is C20H24ClN3O4. The Morgan fingerprint density at radius 2 is 1.93 bits per heavy atom. The van der Waals surface area contributed by atoms with Crippen LogP contribution in [0.1, 0.15) is 38.9 Å². The smallest absolute Gasteiger partial charge is 0.325 e. The lowest BCUT2D eigenvalue weighted by atomic mass is 10.1. The van der Waals surface area contributed by atoms with Crippen molar-refractivity contribution in [3.8, 4) is 11.3 Å². The fourth-order valence-corrected chi connectivity index (χ4v) is 2.83. The molecule has 0 spiro atoms. The van der Waals surface area contributed by atoms with E-state index in [-0.39, 0.29) is 12.1 Å². The molecule has 2 rings (SSSR count). The number of nitrogens with one attached hydrogen (secondary N) is 1. The largest absolute Gasteiger partial charge is 0.480 e. The van der Waals surface area contributed by atoms with Crippen molar-refractivity contribution in [2.24, 2.45) is 0 Å². The van der Waals surface area contributed by atoms with Gasteiger partial charge in [0.25, 0.3) is 5.56 Å². The summed E-state index contributed by atoms with van der Waals surface area (Å²) in [6.45, 7) is 3.17. The van der Waals surface area contributed by atoms with Gasteiger partial charge in [-0.2, -0.15) is 0 Å². The van der Waals surface area contributed by atoms with Crippen molar-refractivity contribution >= 4 is 23.5 Å². The molecule has 2 N–H and O–H groups in total. The first kappa shape index (κ1) is 21.6. The number of carboxylic acids is 1. The molecular weight excluding hydrogens is 382 g/mol. The van der Waals surface area contributed by atoms with Gasteiger partial charge >= 0.3 is 5.97 Å². The maximum absolute atomic E-state index is 12.7. The van der Waals surface area contributed by atoms with Crippen LogP contribution in [0.2, 0.25) is 5.02 Å². The number of aryl methyl sites for hydroxylation is 1. The Labute approximate surface area is 168 Å². The van der Waals surface area contributed by atoms with Crippen LogP contribution in [0, 0.1) is 0 Å². The third-order valence-electron chi connectivity index (χ3n) is 4.28. The summed E-state index contributed by atoms with van der Waals surface area (Å²) < 4.78 is 1.30. The average molecular weight is 406 g/mol. The van der Waals surface area contributed by atoms with E-state index in [4.69, 9.17) is 16.7 Å². The summed E-state index contributed by atoms with van der Waals surface area (Å²) in [4.78, 5) is 40.4. The van der Waals surface area contributed by atoms with Crippen molar-refractivity contribution in [2.45, 2.75) is 52.1 Å². The van der Waals surface area contributed by atoms with Gasteiger partial charge in [0.2, 0.25) is 5.91 Å². The minimum atomic E-state index is -1.14. The fraction of sp³-hybridized carbons (Fsp3) is 0.400. The number of nitrogens with zero attached hydrogens (tertiary/aromatic N) is 2. The highest BCUT2D eigenvalue weighted by Gasteiger charge is 2.17. The third kappa shape index (κ3) is 5.92. The molecule has 1 heterocycles. The van der Waals surface area contributed by atoms with Gasteiger partial charge in [0.05, 0.1) is 5.69 Å². The number of aliphatic carboxylic acids is 1. The van der Waals surface area contributed by atoms with E-state index in [2.05, 4.69) is 17.2 Å². The summed E-state index contributed by atoms with van der Waals surface area (Å²) in [5.41, 5.74) is 0.919. The summed E-state index contributed by atoms with van der Waals surface area (Å²) in [5, 5.41) is 11.9. The zero-order valence-electron chi connectivity index (χ0n) is 15.9. The van der Waals surface area contributed by atoms with Gasteiger partial charge in [-0.25, -0.2) is 4.98 Å². The van der Waals surface area contributed by atoms with E-state index in [0.717, 1.165) is 24.8 Å². The number of rotatable bonds is 9. The molecule has 0 aliphatic heterocycles. The molecule has 8 heteroatoms. The molecule has 0 saturated heterocycles. The molecule has 1 atom stereocenters. The van der Waals surface area contributed by atoms with Gasteiger partial charge in [-0.15, -0.1) is 0 Å². The highest BCUT2D eigenvalue weighted by Crippen LogP contribution is 2.19. The van der Waals surface area contributed by atoms with Gasteiger partial charge in [-0.3, -0.25) is 19.0 Å². The first-order valence-electron chi connectivity index (χ1n) is 9.20. The monoisotopic (exact) mass is 405 g/mol. The van der Waals surface area contributed by atoms with Crippen molar-refractivity contribution in [1.82, 2.24) is 14.9 Å². The highest BCUT2D eigenvalue weighted by molar-refractivity contribution is 6.30. The lowest BCUT2D eigenvalue weighted by Crippen LogP contribution is -2.42. The SMILES string of the molecule is CCCCCc1nc(-c2ccc(Cl)cc2)cc(=O)n1CC(=O)NC(C)C(=O)O. The number of aromatic nitrogens is 2. The number of hydrogen-bond acceptors (Lipinski definition) is 4. The standard InChI is InChI=1S/C20H24ClN3O4/c1-3-4-5-6-17-23-16(14-7-9-15(21)10-8-14)11-19(26)24(17)12-18(25)22-13(2)20(27)28/h7-11,13H,3-6,12H2,1-2H3,(H,22,25)(H,27,28). The van der Waals surface area contributed by atoms with Crippen LogP contribution in [0.4, 0.5) is 0 Å². The van der Waals surface area contributed by atoms with E-state index in [9.17, 15) is 14.4 Å². The van der Waals surface area contributed by atoms with Crippen LogP contribution in [0.3, 0.4) is 0 Å². The quantitative estimate of drug-likeness (QED) is 0.624. The number of carboxylic acid groups (broad SMARTS) is 1. The molecule has 28 heavy (non-hydrogen) atoms. The predicted molar refractivity (Wildman–Crippen MR) is 107 cm³/mol. The number of unbranched alkanes of at least 4 members (excludes halogenated alkanes) is 2. The minimum absolute atomic E-state index is 0.272. The van der Waals surface area contributed by atoms with Crippen molar-refractivity contribution < 1.29 is 14.7 Å². The molecule has 1 aromatic heterocycles. The summed E-state index contributed by atoms with van der Waals surface area (Å²) in [5.74, 6) is -1.18. The van der Waals surface area contributed by atoms with Gasteiger partial charge in [-0.1, -0.05) is 43.5 Å². The molecule has 0 aliphatic rings. The second-order valence-corrected chi connectivity index (χ2v) is 7.01. The zero-order chi connectivity index (χ0) is 20.7. The van der Waals surface area contributed by atoms with Gasteiger partial charge in [0.1, 0.15) is 18.4 Å². The Kier molecular flexibility index (Phi) is 7.75. The number of benzene rings is 1. The Hall–Kier alpha value is -2.67. The molecule has 0 fully saturated rings. The number of carbonyl (C=O) groups excluding carboxylic acids is 1. The van der Waals surface area contributed by atoms with Crippen LogP contribution in [0.25, 0.3) is 11.3 Å². The Morgan fingerprint density at radius 1 is 1.25 bits per heavy atom. The van der Waals surface area contributed by atoms with E-state index < -0.39 is 17.9 Å². The number of carbonyl (C=O) groups is 2. The molecule has 0 bridgehead atoms. The van der Waals surface area contributed by atoms with E-state index >= 15 is 0 Å². The van der Waals surface area contributed by atoms with Gasteiger partial charge in [0.15, 0.2) is 0 Å². The molecule has 0 saturated carbocycles. The van der Waals surface area contributed by atoms with Crippen molar-refractivity contribution in [1.29, 1.82) is 0 Å². The number of amides is 1. The average Bonchev–Trinajstić information content (AvgIpc) is 2.64.